The van der Waals surface area contributed by atoms with E-state index in [4.69, 9.17) is 0 Å². The smallest absolute Gasteiger partial charge is 0.0270 e. The average Bonchev–Trinajstić information content (AvgIpc) is 2.40. The predicted molar refractivity (Wildman–Crippen MR) is 71.1 cm³/mol. The Bertz CT molecular complexity index is 329. The number of piperidine rings is 1. The minimum absolute atomic E-state index is 0.343. The highest BCUT2D eigenvalue weighted by atomic mass is 15.1. The zero-order valence-corrected chi connectivity index (χ0v) is 10.9. The molecule has 1 saturated heterocycles. The number of aryl methyl sites for hydroxylation is 1. The maximum atomic E-state index is 4.07. The fraction of sp³-hybridized carbons (Fsp3) is 0.643. The van der Waals surface area contributed by atoms with Crippen molar-refractivity contribution in [2.75, 3.05) is 27.2 Å². The summed E-state index contributed by atoms with van der Waals surface area (Å²) >= 11 is 0. The number of likely N-dealkylation sites (tertiary alicyclic amines) is 1. The van der Waals surface area contributed by atoms with Gasteiger partial charge in [-0.3, -0.25) is 4.98 Å². The summed E-state index contributed by atoms with van der Waals surface area (Å²) in [6.45, 7) is 2.41. The van der Waals surface area contributed by atoms with Gasteiger partial charge in [0.2, 0.25) is 0 Å². The lowest BCUT2D eigenvalue weighted by Crippen LogP contribution is -2.51. The van der Waals surface area contributed by atoms with Crippen molar-refractivity contribution in [3.63, 3.8) is 0 Å². The molecule has 1 aliphatic heterocycles. The van der Waals surface area contributed by atoms with E-state index in [1.54, 1.807) is 0 Å². The molecule has 3 nitrogen and oxygen atoms in total. The van der Waals surface area contributed by atoms with Gasteiger partial charge in [0.05, 0.1) is 0 Å². The Morgan fingerprint density at radius 2 is 1.94 bits per heavy atom. The van der Waals surface area contributed by atoms with Crippen molar-refractivity contribution in [1.82, 2.24) is 15.2 Å². The Morgan fingerprint density at radius 3 is 2.53 bits per heavy atom. The molecule has 2 rings (SSSR count). The molecule has 0 aliphatic carbocycles. The van der Waals surface area contributed by atoms with E-state index in [2.05, 4.69) is 41.4 Å². The first kappa shape index (κ1) is 12.5. The molecule has 0 aromatic carbocycles. The molecular formula is C14H23N3. The van der Waals surface area contributed by atoms with Crippen LogP contribution < -0.4 is 5.32 Å². The van der Waals surface area contributed by atoms with Crippen molar-refractivity contribution in [3.05, 3.63) is 30.1 Å². The Balaban J connectivity index is 1.91. The molecule has 17 heavy (non-hydrogen) atoms. The van der Waals surface area contributed by atoms with Gasteiger partial charge in [0.15, 0.2) is 0 Å². The summed E-state index contributed by atoms with van der Waals surface area (Å²) in [4.78, 5) is 6.48. The number of pyridine rings is 1. The van der Waals surface area contributed by atoms with Gasteiger partial charge in [0.1, 0.15) is 0 Å². The molecule has 0 saturated carbocycles. The van der Waals surface area contributed by atoms with Crippen LogP contribution in [0, 0.1) is 0 Å². The number of nitrogens with zero attached hydrogens (tertiary/aromatic N) is 2. The first-order valence-electron chi connectivity index (χ1n) is 6.50. The van der Waals surface area contributed by atoms with Crippen LogP contribution in [0.2, 0.25) is 0 Å². The second-order valence-corrected chi connectivity index (χ2v) is 5.19. The third-order valence-electron chi connectivity index (χ3n) is 4.12. The van der Waals surface area contributed by atoms with E-state index in [-0.39, 0.29) is 0 Å². The van der Waals surface area contributed by atoms with Crippen molar-refractivity contribution in [2.24, 2.45) is 0 Å². The van der Waals surface area contributed by atoms with Crippen LogP contribution in [0.5, 0.6) is 0 Å². The highest BCUT2D eigenvalue weighted by molar-refractivity contribution is 5.11. The second-order valence-electron chi connectivity index (χ2n) is 5.19. The molecule has 0 atom stereocenters. The van der Waals surface area contributed by atoms with Crippen LogP contribution >= 0.6 is 0 Å². The van der Waals surface area contributed by atoms with Crippen LogP contribution in [0.15, 0.2) is 24.5 Å². The summed E-state index contributed by atoms with van der Waals surface area (Å²) in [6, 6.07) is 4.25. The van der Waals surface area contributed by atoms with E-state index in [0.29, 0.717) is 5.54 Å². The van der Waals surface area contributed by atoms with Crippen LogP contribution in [0.4, 0.5) is 0 Å². The van der Waals surface area contributed by atoms with Crippen molar-refractivity contribution in [1.29, 1.82) is 0 Å². The Kier molecular flexibility index (Phi) is 4.13. The van der Waals surface area contributed by atoms with E-state index in [1.165, 1.54) is 37.9 Å². The molecule has 0 unspecified atom stereocenters. The molecule has 0 radical (unpaired) electrons. The monoisotopic (exact) mass is 233 g/mol. The maximum Gasteiger partial charge on any atom is 0.0270 e. The number of nitrogens with one attached hydrogen (secondary N) is 1. The molecule has 1 aromatic rings. The molecule has 1 fully saturated rings. The number of hydrogen-bond acceptors (Lipinski definition) is 3. The van der Waals surface area contributed by atoms with Crippen LogP contribution in [0.3, 0.4) is 0 Å². The van der Waals surface area contributed by atoms with Gasteiger partial charge >= 0.3 is 0 Å². The van der Waals surface area contributed by atoms with E-state index in [9.17, 15) is 0 Å². The van der Waals surface area contributed by atoms with E-state index in [0.717, 1.165) is 6.42 Å². The van der Waals surface area contributed by atoms with Crippen molar-refractivity contribution in [3.8, 4) is 0 Å². The second kappa shape index (κ2) is 5.61. The van der Waals surface area contributed by atoms with Gasteiger partial charge in [0.25, 0.3) is 0 Å². The standard InChI is InChI=1S/C14H23N3/c1-15-14(7-11-17(2)12-8-14)6-3-13-4-9-16-10-5-13/h4-5,9-10,15H,3,6-8,11-12H2,1-2H3. The molecule has 3 heteroatoms. The minimum Gasteiger partial charge on any atom is -0.314 e. The number of rotatable bonds is 4. The van der Waals surface area contributed by atoms with Gasteiger partial charge in [-0.1, -0.05) is 0 Å². The molecule has 0 spiro atoms. The molecule has 1 N–H and O–H groups in total. The van der Waals surface area contributed by atoms with E-state index in [1.807, 2.05) is 12.4 Å². The zero-order valence-electron chi connectivity index (χ0n) is 10.9. The maximum absolute atomic E-state index is 4.07. The lowest BCUT2D eigenvalue weighted by Gasteiger charge is -2.41. The lowest BCUT2D eigenvalue weighted by molar-refractivity contribution is 0.156. The lowest BCUT2D eigenvalue weighted by atomic mass is 9.82. The van der Waals surface area contributed by atoms with Gasteiger partial charge in [-0.05, 0) is 70.6 Å². The molecule has 94 valence electrons. The molecule has 1 aromatic heterocycles. The van der Waals surface area contributed by atoms with Gasteiger partial charge in [-0.25, -0.2) is 0 Å². The largest absolute Gasteiger partial charge is 0.314 e. The van der Waals surface area contributed by atoms with Crippen LogP contribution in [0.1, 0.15) is 24.8 Å². The summed E-state index contributed by atoms with van der Waals surface area (Å²) in [5.74, 6) is 0. The van der Waals surface area contributed by atoms with Gasteiger partial charge in [-0.15, -0.1) is 0 Å². The third kappa shape index (κ3) is 3.27. The molecular weight excluding hydrogens is 210 g/mol. The fourth-order valence-corrected chi connectivity index (χ4v) is 2.60. The van der Waals surface area contributed by atoms with Gasteiger partial charge in [-0.2, -0.15) is 0 Å². The van der Waals surface area contributed by atoms with Gasteiger partial charge < -0.3 is 10.2 Å². The zero-order chi connectivity index (χ0) is 12.1. The quantitative estimate of drug-likeness (QED) is 0.858. The van der Waals surface area contributed by atoms with Crippen LogP contribution in [-0.2, 0) is 6.42 Å². The first-order valence-corrected chi connectivity index (χ1v) is 6.50. The number of hydrogen-bond donors (Lipinski definition) is 1. The number of aromatic nitrogens is 1. The normalized spacial score (nSPS) is 20.4. The molecule has 2 heterocycles. The summed E-state index contributed by atoms with van der Waals surface area (Å²) < 4.78 is 0. The van der Waals surface area contributed by atoms with E-state index < -0.39 is 0 Å². The SMILES string of the molecule is CNC1(CCc2ccncc2)CCN(C)CC1. The van der Waals surface area contributed by atoms with E-state index >= 15 is 0 Å². The fourth-order valence-electron chi connectivity index (χ4n) is 2.60. The van der Waals surface area contributed by atoms with Crippen LogP contribution in [0.25, 0.3) is 0 Å². The average molecular weight is 233 g/mol. The summed E-state index contributed by atoms with van der Waals surface area (Å²) in [6.07, 6.45) is 8.65. The Morgan fingerprint density at radius 1 is 1.29 bits per heavy atom. The molecule has 0 amide bonds. The first-order chi connectivity index (χ1) is 8.24. The summed E-state index contributed by atoms with van der Waals surface area (Å²) in [5.41, 5.74) is 1.74. The van der Waals surface area contributed by atoms with Crippen molar-refractivity contribution >= 4 is 0 Å². The topological polar surface area (TPSA) is 28.2 Å². The molecule has 0 bridgehead atoms. The highest BCUT2D eigenvalue weighted by Gasteiger charge is 2.31. The summed E-state index contributed by atoms with van der Waals surface area (Å²) in [7, 11) is 4.32. The summed E-state index contributed by atoms with van der Waals surface area (Å²) in [5, 5.41) is 3.57. The van der Waals surface area contributed by atoms with Gasteiger partial charge in [0, 0.05) is 17.9 Å². The van der Waals surface area contributed by atoms with Crippen molar-refractivity contribution in [2.45, 2.75) is 31.2 Å². The third-order valence-corrected chi connectivity index (χ3v) is 4.12. The Hall–Kier alpha value is -0.930. The predicted octanol–water partition coefficient (Wildman–Crippen LogP) is 1.70. The molecule has 1 aliphatic rings. The van der Waals surface area contributed by atoms with Crippen LogP contribution in [-0.4, -0.2) is 42.6 Å². The Labute approximate surface area is 104 Å². The van der Waals surface area contributed by atoms with Crippen molar-refractivity contribution < 1.29 is 0 Å². The minimum atomic E-state index is 0.343. The highest BCUT2D eigenvalue weighted by Crippen LogP contribution is 2.26.